The summed E-state index contributed by atoms with van der Waals surface area (Å²) in [5.74, 6) is 0.891. The molecule has 0 radical (unpaired) electrons. The van der Waals surface area contributed by atoms with Crippen LogP contribution in [0.4, 0.5) is 0 Å². The van der Waals surface area contributed by atoms with Crippen LogP contribution < -0.4 is 4.74 Å². The van der Waals surface area contributed by atoms with Gasteiger partial charge in [0, 0.05) is 50.7 Å². The van der Waals surface area contributed by atoms with Gasteiger partial charge in [-0.3, -0.25) is 14.5 Å². The monoisotopic (exact) mass is 456 g/mol. The maximum absolute atomic E-state index is 12.6. The van der Waals surface area contributed by atoms with E-state index in [4.69, 9.17) is 4.74 Å². The number of aryl methyl sites for hydroxylation is 1. The van der Waals surface area contributed by atoms with Gasteiger partial charge in [-0.25, -0.2) is 4.98 Å². The number of carbonyl (C=O) groups is 2. The van der Waals surface area contributed by atoms with Gasteiger partial charge >= 0.3 is 0 Å². The summed E-state index contributed by atoms with van der Waals surface area (Å²) in [6, 6.07) is 7.68. The molecule has 1 aromatic carbocycles. The van der Waals surface area contributed by atoms with Crippen LogP contribution in [0.15, 0.2) is 35.7 Å². The minimum absolute atomic E-state index is 0.0102. The maximum atomic E-state index is 12.6. The summed E-state index contributed by atoms with van der Waals surface area (Å²) < 4.78 is 5.82. The molecule has 0 spiro atoms. The van der Waals surface area contributed by atoms with Crippen molar-refractivity contribution < 1.29 is 14.3 Å². The molecule has 1 aromatic heterocycles. The molecule has 2 amide bonds. The zero-order chi connectivity index (χ0) is 22.9. The lowest BCUT2D eigenvalue weighted by Gasteiger charge is -2.34. The second kappa shape index (κ2) is 11.8. The van der Waals surface area contributed by atoms with Crippen LogP contribution in [-0.4, -0.2) is 77.3 Å². The molecule has 3 rings (SSSR count). The molecule has 0 N–H and O–H groups in total. The number of rotatable bonds is 9. The molecule has 0 unspecified atom stereocenters. The number of hydrogen-bond acceptors (Lipinski definition) is 6. The van der Waals surface area contributed by atoms with E-state index >= 15 is 0 Å². The van der Waals surface area contributed by atoms with Crippen LogP contribution in [0.3, 0.4) is 0 Å². The van der Waals surface area contributed by atoms with Crippen LogP contribution in [-0.2, 0) is 16.2 Å². The summed E-state index contributed by atoms with van der Waals surface area (Å²) in [6.07, 6.45) is 3.43. The number of nitrogens with zero attached hydrogens (tertiary/aromatic N) is 4. The number of hydrogen-bond donors (Lipinski definition) is 0. The van der Waals surface area contributed by atoms with Crippen molar-refractivity contribution in [3.05, 3.63) is 52.0 Å². The van der Waals surface area contributed by atoms with E-state index in [-0.39, 0.29) is 11.8 Å². The van der Waals surface area contributed by atoms with Gasteiger partial charge < -0.3 is 14.5 Å². The predicted octanol–water partition coefficient (Wildman–Crippen LogP) is 3.06. The molecule has 2 aromatic rings. The lowest BCUT2D eigenvalue weighted by atomic mass is 10.2. The second-order valence-electron chi connectivity index (χ2n) is 7.72. The van der Waals surface area contributed by atoms with E-state index in [2.05, 4.69) is 9.88 Å². The van der Waals surface area contributed by atoms with Gasteiger partial charge in [-0.2, -0.15) is 0 Å². The Morgan fingerprint density at radius 1 is 1.19 bits per heavy atom. The predicted molar refractivity (Wildman–Crippen MR) is 128 cm³/mol. The van der Waals surface area contributed by atoms with Crippen molar-refractivity contribution >= 4 is 29.2 Å². The van der Waals surface area contributed by atoms with Crippen molar-refractivity contribution in [1.29, 1.82) is 0 Å². The first-order valence-electron chi connectivity index (χ1n) is 11.1. The number of piperazine rings is 1. The molecule has 1 aliphatic heterocycles. The van der Waals surface area contributed by atoms with Crippen LogP contribution in [0, 0.1) is 6.92 Å². The largest absolute Gasteiger partial charge is 0.487 e. The van der Waals surface area contributed by atoms with Crippen molar-refractivity contribution in [3.8, 4) is 5.75 Å². The van der Waals surface area contributed by atoms with E-state index in [0.29, 0.717) is 39.3 Å². The molecule has 32 heavy (non-hydrogen) atoms. The molecule has 1 aliphatic rings. The van der Waals surface area contributed by atoms with Crippen LogP contribution in [0.5, 0.6) is 5.75 Å². The summed E-state index contributed by atoms with van der Waals surface area (Å²) in [7, 11) is 0. The SMILES string of the molecule is CCN(CC)C(=O)CN1CCN(C(=O)/C=C/c2cccc(OCc3csc(C)n3)c2)CC1. The highest BCUT2D eigenvalue weighted by atomic mass is 32.1. The van der Waals surface area contributed by atoms with Crippen LogP contribution >= 0.6 is 11.3 Å². The second-order valence-corrected chi connectivity index (χ2v) is 8.78. The van der Waals surface area contributed by atoms with E-state index in [1.165, 1.54) is 0 Å². The maximum Gasteiger partial charge on any atom is 0.246 e. The van der Waals surface area contributed by atoms with Crippen molar-refractivity contribution in [2.75, 3.05) is 45.8 Å². The molecule has 172 valence electrons. The first kappa shape index (κ1) is 23.9. The molecule has 0 bridgehead atoms. The van der Waals surface area contributed by atoms with Gasteiger partial charge in [-0.05, 0) is 44.5 Å². The Hall–Kier alpha value is -2.71. The Bertz CT molecular complexity index is 931. The highest BCUT2D eigenvalue weighted by Gasteiger charge is 2.22. The summed E-state index contributed by atoms with van der Waals surface area (Å²) in [5, 5.41) is 3.02. The standard InChI is InChI=1S/C24H32N4O3S/c1-4-27(5-2)24(30)16-26-11-13-28(14-12-26)23(29)10-9-20-7-6-8-22(15-20)31-17-21-18-32-19(3)25-21/h6-10,15,18H,4-5,11-14,16-17H2,1-3H3/b10-9+. The fourth-order valence-corrected chi connectivity index (χ4v) is 4.20. The lowest BCUT2D eigenvalue weighted by Crippen LogP contribution is -2.51. The number of ether oxygens (including phenoxy) is 1. The Kier molecular flexibility index (Phi) is 8.81. The first-order valence-corrected chi connectivity index (χ1v) is 12.0. The summed E-state index contributed by atoms with van der Waals surface area (Å²) in [4.78, 5) is 35.1. The van der Waals surface area contributed by atoms with Crippen molar-refractivity contribution in [1.82, 2.24) is 19.7 Å². The fourth-order valence-electron chi connectivity index (χ4n) is 3.61. The third-order valence-corrected chi connectivity index (χ3v) is 6.31. The van der Waals surface area contributed by atoms with Crippen LogP contribution in [0.25, 0.3) is 6.08 Å². The van der Waals surface area contributed by atoms with E-state index in [0.717, 1.165) is 35.1 Å². The molecule has 1 fully saturated rings. The number of aromatic nitrogens is 1. The molecular weight excluding hydrogens is 424 g/mol. The molecule has 1 saturated heterocycles. The quantitative estimate of drug-likeness (QED) is 0.543. The summed E-state index contributed by atoms with van der Waals surface area (Å²) >= 11 is 1.61. The number of thiazole rings is 1. The topological polar surface area (TPSA) is 66.0 Å². The van der Waals surface area contributed by atoms with Crippen LogP contribution in [0.2, 0.25) is 0 Å². The van der Waals surface area contributed by atoms with Gasteiger partial charge in [-0.15, -0.1) is 11.3 Å². The zero-order valence-corrected chi connectivity index (χ0v) is 19.9. The van der Waals surface area contributed by atoms with Crippen molar-refractivity contribution in [3.63, 3.8) is 0 Å². The molecule has 0 aliphatic carbocycles. The third-order valence-electron chi connectivity index (χ3n) is 5.49. The van der Waals surface area contributed by atoms with Crippen molar-refractivity contribution in [2.45, 2.75) is 27.4 Å². The van der Waals surface area contributed by atoms with Gasteiger partial charge in [0.2, 0.25) is 11.8 Å². The Morgan fingerprint density at radius 3 is 2.59 bits per heavy atom. The lowest BCUT2D eigenvalue weighted by molar-refractivity contribution is -0.133. The van der Waals surface area contributed by atoms with Gasteiger partial charge in [0.1, 0.15) is 12.4 Å². The minimum Gasteiger partial charge on any atom is -0.487 e. The average molecular weight is 457 g/mol. The molecule has 0 atom stereocenters. The number of benzene rings is 1. The Balaban J connectivity index is 1.46. The minimum atomic E-state index is -0.0102. The van der Waals surface area contributed by atoms with Gasteiger partial charge in [0.25, 0.3) is 0 Å². The molecular formula is C24H32N4O3S. The van der Waals surface area contributed by atoms with E-state index in [1.54, 1.807) is 17.4 Å². The van der Waals surface area contributed by atoms with E-state index < -0.39 is 0 Å². The normalized spacial score (nSPS) is 14.7. The van der Waals surface area contributed by atoms with Crippen molar-refractivity contribution in [2.24, 2.45) is 0 Å². The van der Waals surface area contributed by atoms with Gasteiger partial charge in [0.15, 0.2) is 0 Å². The first-order chi connectivity index (χ1) is 15.5. The van der Waals surface area contributed by atoms with E-state index in [9.17, 15) is 9.59 Å². The molecule has 8 heteroatoms. The summed E-state index contributed by atoms with van der Waals surface area (Å²) in [6.45, 7) is 11.0. The highest BCUT2D eigenvalue weighted by Crippen LogP contribution is 2.17. The third kappa shape index (κ3) is 6.90. The number of likely N-dealkylation sites (N-methyl/N-ethyl adjacent to an activating group) is 1. The van der Waals surface area contributed by atoms with Crippen LogP contribution in [0.1, 0.15) is 30.1 Å². The highest BCUT2D eigenvalue weighted by molar-refractivity contribution is 7.09. The smallest absolute Gasteiger partial charge is 0.246 e. The van der Waals surface area contributed by atoms with Gasteiger partial charge in [0.05, 0.1) is 17.2 Å². The van der Waals surface area contributed by atoms with E-state index in [1.807, 2.05) is 66.3 Å². The molecule has 2 heterocycles. The number of amides is 2. The van der Waals surface area contributed by atoms with Gasteiger partial charge in [-0.1, -0.05) is 12.1 Å². The molecule has 0 saturated carbocycles. The Labute approximate surface area is 194 Å². The number of carbonyl (C=O) groups excluding carboxylic acids is 2. The molecule has 7 nitrogen and oxygen atoms in total. The summed E-state index contributed by atoms with van der Waals surface area (Å²) in [5.41, 5.74) is 1.83. The fraction of sp³-hybridized carbons (Fsp3) is 0.458. The average Bonchev–Trinajstić information content (AvgIpc) is 3.23. The Morgan fingerprint density at radius 2 is 1.94 bits per heavy atom. The zero-order valence-electron chi connectivity index (χ0n) is 19.1.